The molecule has 5 nitrogen and oxygen atoms in total. The number of carbonyl (C=O) groups is 1. The zero-order valence-electron chi connectivity index (χ0n) is 10.4. The van der Waals surface area contributed by atoms with Crippen LogP contribution in [0.1, 0.15) is 21.6 Å². The van der Waals surface area contributed by atoms with Crippen molar-refractivity contribution in [2.75, 3.05) is 5.32 Å². The molecular formula is C13H12FN3O2. The number of benzene rings is 1. The lowest BCUT2D eigenvalue weighted by atomic mass is 10.2. The number of anilines is 2. The highest BCUT2D eigenvalue weighted by atomic mass is 19.1. The van der Waals surface area contributed by atoms with Crippen molar-refractivity contribution in [2.24, 2.45) is 0 Å². The van der Waals surface area contributed by atoms with E-state index in [1.807, 2.05) is 0 Å². The number of carboxylic acids is 1. The van der Waals surface area contributed by atoms with E-state index < -0.39 is 11.8 Å². The molecule has 0 aliphatic heterocycles. The molecule has 1 aromatic heterocycles. The highest BCUT2D eigenvalue weighted by Gasteiger charge is 2.11. The first-order valence-electron chi connectivity index (χ1n) is 5.57. The average molecular weight is 261 g/mol. The summed E-state index contributed by atoms with van der Waals surface area (Å²) in [5, 5.41) is 11.6. The van der Waals surface area contributed by atoms with E-state index in [1.165, 1.54) is 12.3 Å². The number of nitrogens with zero attached hydrogens (tertiary/aromatic N) is 2. The summed E-state index contributed by atoms with van der Waals surface area (Å²) in [6.45, 7) is 3.34. The molecule has 0 atom stereocenters. The van der Waals surface area contributed by atoms with Crippen LogP contribution in [0.2, 0.25) is 0 Å². The Bertz CT molecular complexity index is 644. The third-order valence-corrected chi connectivity index (χ3v) is 2.58. The molecule has 1 heterocycles. The van der Waals surface area contributed by atoms with Crippen molar-refractivity contribution in [2.45, 2.75) is 13.8 Å². The van der Waals surface area contributed by atoms with Gasteiger partial charge in [-0.2, -0.15) is 0 Å². The summed E-state index contributed by atoms with van der Waals surface area (Å²) in [4.78, 5) is 18.7. The highest BCUT2D eigenvalue weighted by molar-refractivity contribution is 5.88. The lowest BCUT2D eigenvalue weighted by Gasteiger charge is -2.08. The highest BCUT2D eigenvalue weighted by Crippen LogP contribution is 2.19. The number of rotatable bonds is 3. The minimum absolute atomic E-state index is 0.0231. The van der Waals surface area contributed by atoms with Gasteiger partial charge in [-0.1, -0.05) is 6.07 Å². The summed E-state index contributed by atoms with van der Waals surface area (Å²) in [7, 11) is 0. The number of aromatic carboxylic acids is 1. The zero-order valence-corrected chi connectivity index (χ0v) is 10.4. The van der Waals surface area contributed by atoms with Crippen molar-refractivity contribution < 1.29 is 14.3 Å². The Labute approximate surface area is 109 Å². The summed E-state index contributed by atoms with van der Waals surface area (Å²) in [6, 6.07) is 4.72. The van der Waals surface area contributed by atoms with Crippen LogP contribution in [0.15, 0.2) is 24.4 Å². The minimum atomic E-state index is -1.09. The fourth-order valence-electron chi connectivity index (χ4n) is 1.58. The molecule has 0 unspecified atom stereocenters. The Hall–Kier alpha value is -2.50. The van der Waals surface area contributed by atoms with E-state index in [4.69, 9.17) is 5.11 Å². The number of nitrogens with one attached hydrogen (secondary N) is 1. The normalized spacial score (nSPS) is 10.3. The zero-order chi connectivity index (χ0) is 14.0. The monoisotopic (exact) mass is 261 g/mol. The molecule has 0 radical (unpaired) electrons. The van der Waals surface area contributed by atoms with Crippen LogP contribution in [0.25, 0.3) is 0 Å². The van der Waals surface area contributed by atoms with Gasteiger partial charge in [0.25, 0.3) is 0 Å². The first-order chi connectivity index (χ1) is 8.97. The Kier molecular flexibility index (Phi) is 3.41. The molecule has 19 heavy (non-hydrogen) atoms. The topological polar surface area (TPSA) is 75.1 Å². The summed E-state index contributed by atoms with van der Waals surface area (Å²) in [6.07, 6.45) is 1.19. The number of carboxylic acid groups (broad SMARTS) is 1. The first-order valence-corrected chi connectivity index (χ1v) is 5.57. The van der Waals surface area contributed by atoms with Crippen molar-refractivity contribution in [3.05, 3.63) is 47.0 Å². The van der Waals surface area contributed by atoms with Crippen molar-refractivity contribution in [3.8, 4) is 0 Å². The Morgan fingerprint density at radius 3 is 2.68 bits per heavy atom. The molecule has 0 aliphatic rings. The predicted molar refractivity (Wildman–Crippen MR) is 68.1 cm³/mol. The maximum Gasteiger partial charge on any atom is 0.339 e. The van der Waals surface area contributed by atoms with E-state index in [2.05, 4.69) is 15.3 Å². The van der Waals surface area contributed by atoms with E-state index in [9.17, 15) is 9.18 Å². The average Bonchev–Trinajstić information content (AvgIpc) is 2.32. The molecule has 6 heteroatoms. The molecule has 0 spiro atoms. The van der Waals surface area contributed by atoms with Crippen molar-refractivity contribution in [1.29, 1.82) is 0 Å². The van der Waals surface area contributed by atoms with Crippen LogP contribution in [0.3, 0.4) is 0 Å². The van der Waals surface area contributed by atoms with Gasteiger partial charge in [-0.25, -0.2) is 19.2 Å². The molecule has 0 saturated heterocycles. The quantitative estimate of drug-likeness (QED) is 0.888. The van der Waals surface area contributed by atoms with Crippen LogP contribution in [0.4, 0.5) is 16.0 Å². The largest absolute Gasteiger partial charge is 0.478 e. The van der Waals surface area contributed by atoms with E-state index in [0.29, 0.717) is 5.69 Å². The second-order valence-corrected chi connectivity index (χ2v) is 4.11. The summed E-state index contributed by atoms with van der Waals surface area (Å²) < 4.78 is 13.6. The van der Waals surface area contributed by atoms with Crippen molar-refractivity contribution in [1.82, 2.24) is 9.97 Å². The van der Waals surface area contributed by atoms with E-state index in [-0.39, 0.29) is 17.2 Å². The van der Waals surface area contributed by atoms with Gasteiger partial charge in [-0.3, -0.25) is 0 Å². The SMILES string of the molecule is Cc1ccc(Nc2ncc(C(=O)O)c(C)n2)c(F)c1. The van der Waals surface area contributed by atoms with Gasteiger partial charge in [0, 0.05) is 6.20 Å². The fraction of sp³-hybridized carbons (Fsp3) is 0.154. The molecule has 98 valence electrons. The maximum atomic E-state index is 13.6. The summed E-state index contributed by atoms with van der Waals surface area (Å²) in [5.74, 6) is -1.35. The van der Waals surface area contributed by atoms with Gasteiger partial charge < -0.3 is 10.4 Å². The molecule has 2 N–H and O–H groups in total. The number of aryl methyl sites for hydroxylation is 2. The summed E-state index contributed by atoms with van der Waals surface area (Å²) >= 11 is 0. The van der Waals surface area contributed by atoms with Gasteiger partial charge in [0.05, 0.1) is 16.9 Å². The minimum Gasteiger partial charge on any atom is -0.478 e. The molecule has 0 saturated carbocycles. The predicted octanol–water partition coefficient (Wildman–Crippen LogP) is 2.67. The second kappa shape index (κ2) is 5.01. The number of hydrogen-bond donors (Lipinski definition) is 2. The summed E-state index contributed by atoms with van der Waals surface area (Å²) in [5.41, 5.74) is 1.39. The van der Waals surface area contributed by atoms with Crippen LogP contribution >= 0.6 is 0 Å². The molecule has 1 aromatic carbocycles. The fourth-order valence-corrected chi connectivity index (χ4v) is 1.58. The Morgan fingerprint density at radius 1 is 1.37 bits per heavy atom. The molecule has 0 aliphatic carbocycles. The third kappa shape index (κ3) is 2.85. The second-order valence-electron chi connectivity index (χ2n) is 4.11. The van der Waals surface area contributed by atoms with Crippen LogP contribution in [-0.2, 0) is 0 Å². The Morgan fingerprint density at radius 2 is 2.11 bits per heavy atom. The molecule has 2 rings (SSSR count). The van der Waals surface area contributed by atoms with Crippen LogP contribution in [0.5, 0.6) is 0 Å². The van der Waals surface area contributed by atoms with Gasteiger partial charge in [-0.05, 0) is 31.5 Å². The van der Waals surface area contributed by atoms with Gasteiger partial charge in [0.15, 0.2) is 0 Å². The van der Waals surface area contributed by atoms with Gasteiger partial charge in [-0.15, -0.1) is 0 Å². The standard InChI is InChI=1S/C13H12FN3O2/c1-7-3-4-11(10(14)5-7)17-13-15-6-9(12(18)19)8(2)16-13/h3-6H,1-2H3,(H,18,19)(H,15,16,17). The van der Waals surface area contributed by atoms with Gasteiger partial charge in [0.2, 0.25) is 5.95 Å². The third-order valence-electron chi connectivity index (χ3n) is 2.58. The van der Waals surface area contributed by atoms with Crippen LogP contribution in [-0.4, -0.2) is 21.0 Å². The first kappa shape index (κ1) is 12.9. The molecule has 0 fully saturated rings. The van der Waals surface area contributed by atoms with Gasteiger partial charge >= 0.3 is 5.97 Å². The lowest BCUT2D eigenvalue weighted by molar-refractivity contribution is 0.0695. The van der Waals surface area contributed by atoms with E-state index in [1.54, 1.807) is 26.0 Å². The molecular weight excluding hydrogens is 249 g/mol. The molecule has 2 aromatic rings. The van der Waals surface area contributed by atoms with Crippen LogP contribution in [0, 0.1) is 19.7 Å². The molecule has 0 amide bonds. The van der Waals surface area contributed by atoms with Crippen molar-refractivity contribution >= 4 is 17.6 Å². The Balaban J connectivity index is 2.29. The van der Waals surface area contributed by atoms with E-state index in [0.717, 1.165) is 5.56 Å². The lowest BCUT2D eigenvalue weighted by Crippen LogP contribution is -2.06. The number of aromatic nitrogens is 2. The number of hydrogen-bond acceptors (Lipinski definition) is 4. The smallest absolute Gasteiger partial charge is 0.339 e. The van der Waals surface area contributed by atoms with Gasteiger partial charge in [0.1, 0.15) is 5.82 Å². The maximum absolute atomic E-state index is 13.6. The molecule has 0 bridgehead atoms. The number of halogens is 1. The van der Waals surface area contributed by atoms with E-state index >= 15 is 0 Å². The van der Waals surface area contributed by atoms with Crippen molar-refractivity contribution in [3.63, 3.8) is 0 Å². The van der Waals surface area contributed by atoms with Crippen LogP contribution < -0.4 is 5.32 Å².